The van der Waals surface area contributed by atoms with E-state index in [1.54, 1.807) is 0 Å². The van der Waals surface area contributed by atoms with E-state index in [0.29, 0.717) is 0 Å². The number of benzene rings is 1. The van der Waals surface area contributed by atoms with Crippen LogP contribution >= 0.6 is 12.4 Å². The Kier molecular flexibility index (Phi) is 3.09. The number of fused-ring (bicyclic) bond motifs is 1. The summed E-state index contributed by atoms with van der Waals surface area (Å²) in [6, 6.07) is 6.07. The SMILES string of the molecule is Cl.O=S([O-])C1(c2ccc3c(c2)CNC3)CC1. The maximum absolute atomic E-state index is 11.2. The lowest BCUT2D eigenvalue weighted by atomic mass is 10.0. The summed E-state index contributed by atoms with van der Waals surface area (Å²) in [5, 5.41) is 3.26. The summed E-state index contributed by atoms with van der Waals surface area (Å²) in [7, 11) is 0. The molecule has 1 unspecified atom stereocenters. The van der Waals surface area contributed by atoms with Gasteiger partial charge in [-0.2, -0.15) is 0 Å². The zero-order valence-corrected chi connectivity index (χ0v) is 10.3. The Morgan fingerprint density at radius 1 is 1.25 bits per heavy atom. The minimum atomic E-state index is -1.98. The molecule has 0 saturated heterocycles. The summed E-state index contributed by atoms with van der Waals surface area (Å²) in [6.07, 6.45) is 1.55. The predicted molar refractivity (Wildman–Crippen MR) is 64.1 cm³/mol. The van der Waals surface area contributed by atoms with Gasteiger partial charge < -0.3 is 9.87 Å². The monoisotopic (exact) mass is 258 g/mol. The summed E-state index contributed by atoms with van der Waals surface area (Å²) in [5.74, 6) is 0. The van der Waals surface area contributed by atoms with Crippen LogP contribution in [0.3, 0.4) is 0 Å². The van der Waals surface area contributed by atoms with Crippen LogP contribution in [0.5, 0.6) is 0 Å². The molecular weight excluding hydrogens is 246 g/mol. The van der Waals surface area contributed by atoms with Gasteiger partial charge in [0, 0.05) is 13.1 Å². The molecule has 2 aliphatic rings. The first kappa shape index (κ1) is 12.0. The van der Waals surface area contributed by atoms with E-state index in [2.05, 4.69) is 17.4 Å². The van der Waals surface area contributed by atoms with Crippen molar-refractivity contribution in [2.75, 3.05) is 0 Å². The van der Waals surface area contributed by atoms with Crippen molar-refractivity contribution in [2.45, 2.75) is 30.7 Å². The van der Waals surface area contributed by atoms with Crippen molar-refractivity contribution in [3.63, 3.8) is 0 Å². The van der Waals surface area contributed by atoms with Crippen LogP contribution in [0.15, 0.2) is 18.2 Å². The Morgan fingerprint density at radius 2 is 1.94 bits per heavy atom. The molecule has 0 aromatic heterocycles. The van der Waals surface area contributed by atoms with Crippen molar-refractivity contribution in [3.8, 4) is 0 Å². The van der Waals surface area contributed by atoms with Crippen molar-refractivity contribution in [3.05, 3.63) is 34.9 Å². The molecule has 0 spiro atoms. The lowest BCUT2D eigenvalue weighted by Gasteiger charge is -2.19. The van der Waals surface area contributed by atoms with Crippen LogP contribution in [0.1, 0.15) is 29.5 Å². The van der Waals surface area contributed by atoms with Crippen molar-refractivity contribution in [1.29, 1.82) is 0 Å². The molecule has 0 amide bonds. The fourth-order valence-electron chi connectivity index (χ4n) is 2.24. The molecule has 1 aromatic carbocycles. The quantitative estimate of drug-likeness (QED) is 0.820. The zero-order chi connectivity index (χ0) is 10.5. The maximum Gasteiger partial charge on any atom is 0.0576 e. The van der Waals surface area contributed by atoms with Crippen LogP contribution in [0.4, 0.5) is 0 Å². The van der Waals surface area contributed by atoms with Gasteiger partial charge in [0.05, 0.1) is 4.75 Å². The van der Waals surface area contributed by atoms with E-state index in [4.69, 9.17) is 0 Å². The molecule has 3 nitrogen and oxygen atoms in total. The molecule has 1 aliphatic carbocycles. The second-order valence-corrected chi connectivity index (χ2v) is 5.57. The molecule has 3 rings (SSSR count). The molecule has 1 aliphatic heterocycles. The van der Waals surface area contributed by atoms with E-state index in [1.165, 1.54) is 11.1 Å². The first-order valence-corrected chi connectivity index (χ1v) is 6.22. The molecule has 1 aromatic rings. The smallest absolute Gasteiger partial charge is 0.0576 e. The van der Waals surface area contributed by atoms with Gasteiger partial charge in [-0.25, -0.2) is 0 Å². The van der Waals surface area contributed by atoms with Crippen molar-refractivity contribution >= 4 is 23.5 Å². The largest absolute Gasteiger partial charge is 0.772 e. The molecule has 1 fully saturated rings. The topological polar surface area (TPSA) is 52.2 Å². The van der Waals surface area contributed by atoms with Gasteiger partial charge in [0.25, 0.3) is 0 Å². The van der Waals surface area contributed by atoms with Gasteiger partial charge in [-0.05, 0) is 40.6 Å². The molecule has 88 valence electrons. The Balaban J connectivity index is 0.000000963. The third kappa shape index (κ3) is 1.70. The third-order valence-corrected chi connectivity index (χ3v) is 4.67. The first-order valence-electron chi connectivity index (χ1n) is 5.15. The molecule has 1 atom stereocenters. The van der Waals surface area contributed by atoms with Crippen LogP contribution in [-0.2, 0) is 28.9 Å². The molecule has 1 N–H and O–H groups in total. The average Bonchev–Trinajstić information content (AvgIpc) is 2.91. The summed E-state index contributed by atoms with van der Waals surface area (Å²) in [6.45, 7) is 1.77. The maximum atomic E-state index is 11.2. The number of rotatable bonds is 2. The van der Waals surface area contributed by atoms with Crippen molar-refractivity contribution in [1.82, 2.24) is 5.32 Å². The normalized spacial score (nSPS) is 22.1. The van der Waals surface area contributed by atoms with Crippen LogP contribution in [0, 0.1) is 0 Å². The van der Waals surface area contributed by atoms with Crippen LogP contribution in [0.25, 0.3) is 0 Å². The molecule has 0 radical (unpaired) electrons. The summed E-state index contributed by atoms with van der Waals surface area (Å²) in [4.78, 5) is 0. The summed E-state index contributed by atoms with van der Waals surface area (Å²) < 4.78 is 21.8. The van der Waals surface area contributed by atoms with Gasteiger partial charge >= 0.3 is 0 Å². The Labute approximate surface area is 103 Å². The van der Waals surface area contributed by atoms with E-state index in [-0.39, 0.29) is 12.4 Å². The molecule has 1 heterocycles. The summed E-state index contributed by atoms with van der Waals surface area (Å²) in [5.41, 5.74) is 3.52. The highest BCUT2D eigenvalue weighted by atomic mass is 35.5. The number of nitrogens with one attached hydrogen (secondary N) is 1. The number of hydrogen-bond donors (Lipinski definition) is 1. The van der Waals surface area contributed by atoms with Gasteiger partial charge in [-0.1, -0.05) is 18.2 Å². The Bertz CT molecular complexity index is 446. The van der Waals surface area contributed by atoms with E-state index >= 15 is 0 Å². The fraction of sp³-hybridized carbons (Fsp3) is 0.455. The second-order valence-electron chi connectivity index (χ2n) is 4.32. The van der Waals surface area contributed by atoms with Crippen LogP contribution < -0.4 is 5.32 Å². The lowest BCUT2D eigenvalue weighted by Crippen LogP contribution is -2.13. The fourth-order valence-corrected chi connectivity index (χ4v) is 3.00. The third-order valence-electron chi connectivity index (χ3n) is 3.39. The lowest BCUT2D eigenvalue weighted by molar-refractivity contribution is 0.521. The highest BCUT2D eigenvalue weighted by molar-refractivity contribution is 7.80. The van der Waals surface area contributed by atoms with E-state index in [0.717, 1.165) is 31.5 Å². The average molecular weight is 259 g/mol. The zero-order valence-electron chi connectivity index (χ0n) is 8.69. The molecule has 16 heavy (non-hydrogen) atoms. The minimum Gasteiger partial charge on any atom is -0.772 e. The van der Waals surface area contributed by atoms with Gasteiger partial charge in [-0.15, -0.1) is 12.4 Å². The summed E-state index contributed by atoms with van der Waals surface area (Å²) >= 11 is -1.98. The van der Waals surface area contributed by atoms with Crippen LogP contribution in [-0.4, -0.2) is 8.76 Å². The first-order chi connectivity index (χ1) is 7.22. The molecule has 5 heteroatoms. The number of hydrogen-bond acceptors (Lipinski definition) is 3. The molecule has 0 bridgehead atoms. The van der Waals surface area contributed by atoms with E-state index in [9.17, 15) is 8.76 Å². The Hall–Kier alpha value is -0.420. The van der Waals surface area contributed by atoms with Crippen molar-refractivity contribution < 1.29 is 8.76 Å². The van der Waals surface area contributed by atoms with Crippen molar-refractivity contribution in [2.24, 2.45) is 0 Å². The predicted octanol–water partition coefficient (Wildman–Crippen LogP) is 1.58. The minimum absolute atomic E-state index is 0. The standard InChI is InChI=1S/C11H13NO2S.ClH/c13-15(14)11(3-4-11)10-2-1-8-6-12-7-9(8)5-10;/h1-2,5,12H,3-4,6-7H2,(H,13,14);1H/p-1. The number of halogens is 1. The van der Waals surface area contributed by atoms with Gasteiger partial charge in [0.1, 0.15) is 0 Å². The van der Waals surface area contributed by atoms with Gasteiger partial charge in [0.2, 0.25) is 0 Å². The van der Waals surface area contributed by atoms with E-state index in [1.807, 2.05) is 6.07 Å². The highest BCUT2D eigenvalue weighted by Crippen LogP contribution is 2.50. The van der Waals surface area contributed by atoms with E-state index < -0.39 is 15.8 Å². The highest BCUT2D eigenvalue weighted by Gasteiger charge is 2.46. The molecule has 1 saturated carbocycles. The van der Waals surface area contributed by atoms with Crippen LogP contribution in [0.2, 0.25) is 0 Å². The Morgan fingerprint density at radius 3 is 2.56 bits per heavy atom. The van der Waals surface area contributed by atoms with Gasteiger partial charge in [0.15, 0.2) is 0 Å². The van der Waals surface area contributed by atoms with Gasteiger partial charge in [-0.3, -0.25) is 4.21 Å². The second kappa shape index (κ2) is 4.11. The molecular formula is C11H13ClNO2S-.